The molecule has 19 heavy (non-hydrogen) atoms. The largest absolute Gasteiger partial charge is 0.435 e. The van der Waals surface area contributed by atoms with Gasteiger partial charge in [-0.25, -0.2) is 0 Å². The SMILES string of the molecule is Cl.Cn1nc(C(F)(F)F)c2cc(CC(N)CO)sc21. The summed E-state index contributed by atoms with van der Waals surface area (Å²) in [6, 6.07) is 0.992. The minimum Gasteiger partial charge on any atom is -0.395 e. The van der Waals surface area contributed by atoms with E-state index in [9.17, 15) is 13.2 Å². The Hall–Kier alpha value is -0.830. The number of fused-ring (bicyclic) bond motifs is 1. The highest BCUT2D eigenvalue weighted by molar-refractivity contribution is 7.18. The third-order valence-corrected chi connectivity index (χ3v) is 3.75. The highest BCUT2D eigenvalue weighted by Crippen LogP contribution is 2.37. The van der Waals surface area contributed by atoms with Crippen molar-refractivity contribution < 1.29 is 18.3 Å². The van der Waals surface area contributed by atoms with Gasteiger partial charge >= 0.3 is 6.18 Å². The molecule has 0 aliphatic carbocycles. The molecule has 0 aliphatic rings. The third kappa shape index (κ3) is 3.19. The summed E-state index contributed by atoms with van der Waals surface area (Å²) in [7, 11) is 1.48. The summed E-state index contributed by atoms with van der Waals surface area (Å²) in [5, 5.41) is 12.4. The van der Waals surface area contributed by atoms with Crippen LogP contribution in [0.2, 0.25) is 0 Å². The Kier molecular flexibility index (Phi) is 4.83. The van der Waals surface area contributed by atoms with E-state index in [4.69, 9.17) is 10.8 Å². The van der Waals surface area contributed by atoms with Crippen LogP contribution in [0, 0.1) is 0 Å². The Morgan fingerprint density at radius 1 is 1.53 bits per heavy atom. The van der Waals surface area contributed by atoms with Crippen molar-refractivity contribution in [2.24, 2.45) is 12.8 Å². The molecule has 2 aromatic heterocycles. The number of aliphatic hydroxyl groups is 1. The Morgan fingerprint density at radius 3 is 2.68 bits per heavy atom. The smallest absolute Gasteiger partial charge is 0.395 e. The molecule has 0 saturated carbocycles. The van der Waals surface area contributed by atoms with Crippen LogP contribution in [0.4, 0.5) is 13.2 Å². The topological polar surface area (TPSA) is 64.1 Å². The summed E-state index contributed by atoms with van der Waals surface area (Å²) < 4.78 is 39.4. The molecule has 2 rings (SSSR count). The van der Waals surface area contributed by atoms with Gasteiger partial charge in [0.2, 0.25) is 0 Å². The number of rotatable bonds is 3. The zero-order valence-corrected chi connectivity index (χ0v) is 11.6. The molecular formula is C10H13ClF3N3OS. The summed E-state index contributed by atoms with van der Waals surface area (Å²) in [6.07, 6.45) is -4.11. The number of nitrogens with two attached hydrogens (primary N) is 1. The van der Waals surface area contributed by atoms with Crippen molar-refractivity contribution in [1.29, 1.82) is 0 Å². The number of alkyl halides is 3. The first kappa shape index (κ1) is 16.2. The maximum atomic E-state index is 12.7. The molecule has 0 spiro atoms. The number of hydrogen-bond donors (Lipinski definition) is 2. The first-order valence-electron chi connectivity index (χ1n) is 5.22. The van der Waals surface area contributed by atoms with Crippen LogP contribution in [0.5, 0.6) is 0 Å². The Morgan fingerprint density at radius 2 is 2.16 bits per heavy atom. The second-order valence-electron chi connectivity index (χ2n) is 4.05. The van der Waals surface area contributed by atoms with Crippen molar-refractivity contribution in [2.45, 2.75) is 18.6 Å². The summed E-state index contributed by atoms with van der Waals surface area (Å²) >= 11 is 1.21. The Labute approximate surface area is 117 Å². The number of nitrogens with zero attached hydrogens (tertiary/aromatic N) is 2. The molecule has 0 amide bonds. The minimum absolute atomic E-state index is 0. The number of aromatic nitrogens is 2. The predicted octanol–water partition coefficient (Wildman–Crippen LogP) is 1.94. The van der Waals surface area contributed by atoms with Crippen molar-refractivity contribution >= 4 is 34.0 Å². The van der Waals surface area contributed by atoms with E-state index in [2.05, 4.69) is 5.10 Å². The fraction of sp³-hybridized carbons (Fsp3) is 0.500. The van der Waals surface area contributed by atoms with Gasteiger partial charge in [-0.3, -0.25) is 4.68 Å². The number of thiophene rings is 1. The Balaban J connectivity index is 0.00000180. The van der Waals surface area contributed by atoms with Crippen molar-refractivity contribution in [3.63, 3.8) is 0 Å². The molecule has 4 nitrogen and oxygen atoms in total. The van der Waals surface area contributed by atoms with Crippen molar-refractivity contribution in [3.8, 4) is 0 Å². The van der Waals surface area contributed by atoms with Gasteiger partial charge in [0, 0.05) is 23.4 Å². The van der Waals surface area contributed by atoms with E-state index in [0.717, 1.165) is 0 Å². The fourth-order valence-electron chi connectivity index (χ4n) is 1.72. The lowest BCUT2D eigenvalue weighted by Crippen LogP contribution is -2.26. The zero-order chi connectivity index (χ0) is 13.5. The number of aliphatic hydroxyl groups excluding tert-OH is 1. The lowest BCUT2D eigenvalue weighted by Gasteiger charge is -2.05. The zero-order valence-electron chi connectivity index (χ0n) is 9.94. The van der Waals surface area contributed by atoms with Gasteiger partial charge in [0.15, 0.2) is 5.69 Å². The molecule has 108 valence electrons. The van der Waals surface area contributed by atoms with Crippen LogP contribution in [0.3, 0.4) is 0 Å². The van der Waals surface area contributed by atoms with E-state index in [1.807, 2.05) is 0 Å². The molecule has 0 bridgehead atoms. The number of aryl methyl sites for hydroxylation is 1. The molecule has 0 aromatic carbocycles. The van der Waals surface area contributed by atoms with E-state index in [1.54, 1.807) is 0 Å². The van der Waals surface area contributed by atoms with Crippen LogP contribution in [0.25, 0.3) is 10.2 Å². The summed E-state index contributed by atoms with van der Waals surface area (Å²) in [5.74, 6) is 0. The van der Waals surface area contributed by atoms with Crippen molar-refractivity contribution in [3.05, 3.63) is 16.6 Å². The number of hydrogen-bond acceptors (Lipinski definition) is 4. The lowest BCUT2D eigenvalue weighted by molar-refractivity contribution is -0.140. The number of halogens is 4. The maximum absolute atomic E-state index is 12.7. The van der Waals surface area contributed by atoms with Crippen molar-refractivity contribution in [1.82, 2.24) is 9.78 Å². The van der Waals surface area contributed by atoms with Gasteiger partial charge < -0.3 is 10.8 Å². The van der Waals surface area contributed by atoms with Crippen LogP contribution in [-0.2, 0) is 19.6 Å². The van der Waals surface area contributed by atoms with Gasteiger partial charge in [-0.1, -0.05) is 0 Å². The standard InChI is InChI=1S/C10H12F3N3OS.ClH/c1-16-9-7(8(15-16)10(11,12)13)3-6(18-9)2-5(14)4-17;/h3,5,17H,2,4,14H2,1H3;1H. The first-order chi connectivity index (χ1) is 8.32. The molecule has 0 radical (unpaired) electrons. The summed E-state index contributed by atoms with van der Waals surface area (Å²) in [5.41, 5.74) is 4.69. The first-order valence-corrected chi connectivity index (χ1v) is 6.03. The van der Waals surface area contributed by atoms with Crippen LogP contribution in [-0.4, -0.2) is 27.5 Å². The molecule has 0 fully saturated rings. The molecule has 2 heterocycles. The molecule has 1 atom stereocenters. The molecule has 0 aliphatic heterocycles. The van der Waals surface area contributed by atoms with Gasteiger partial charge in [0.05, 0.1) is 6.61 Å². The maximum Gasteiger partial charge on any atom is 0.435 e. The fourth-order valence-corrected chi connectivity index (χ4v) is 2.88. The third-order valence-electron chi connectivity index (χ3n) is 2.53. The molecule has 0 saturated heterocycles. The predicted molar refractivity (Wildman–Crippen MR) is 69.6 cm³/mol. The van der Waals surface area contributed by atoms with Gasteiger partial charge in [-0.05, 0) is 12.5 Å². The van der Waals surface area contributed by atoms with Gasteiger partial charge in [-0.15, -0.1) is 23.7 Å². The van der Waals surface area contributed by atoms with E-state index < -0.39 is 17.9 Å². The van der Waals surface area contributed by atoms with E-state index >= 15 is 0 Å². The Bertz CT molecular complexity index is 566. The van der Waals surface area contributed by atoms with Gasteiger partial charge in [0.1, 0.15) is 4.83 Å². The van der Waals surface area contributed by atoms with Crippen LogP contribution >= 0.6 is 23.7 Å². The average Bonchev–Trinajstić information content (AvgIpc) is 2.78. The molecule has 9 heteroatoms. The van der Waals surface area contributed by atoms with Crippen LogP contribution in [0.1, 0.15) is 10.6 Å². The van der Waals surface area contributed by atoms with E-state index in [-0.39, 0.29) is 24.4 Å². The van der Waals surface area contributed by atoms with Crippen LogP contribution in [0.15, 0.2) is 6.07 Å². The average molecular weight is 316 g/mol. The highest BCUT2D eigenvalue weighted by Gasteiger charge is 2.37. The van der Waals surface area contributed by atoms with Crippen LogP contribution < -0.4 is 5.73 Å². The summed E-state index contributed by atoms with van der Waals surface area (Å²) in [6.45, 7) is -0.196. The monoisotopic (exact) mass is 315 g/mol. The lowest BCUT2D eigenvalue weighted by atomic mass is 10.2. The second-order valence-corrected chi connectivity index (χ2v) is 5.16. The molecule has 1 unspecified atom stereocenters. The minimum atomic E-state index is -4.46. The van der Waals surface area contributed by atoms with E-state index in [0.29, 0.717) is 16.1 Å². The second kappa shape index (κ2) is 5.66. The summed E-state index contributed by atoms with van der Waals surface area (Å²) in [4.78, 5) is 1.17. The van der Waals surface area contributed by atoms with Crippen molar-refractivity contribution in [2.75, 3.05) is 6.61 Å². The molecule has 2 aromatic rings. The normalized spacial score (nSPS) is 13.6. The van der Waals surface area contributed by atoms with E-state index in [1.165, 1.54) is 29.1 Å². The molecule has 3 N–H and O–H groups in total. The highest BCUT2D eigenvalue weighted by atomic mass is 35.5. The van der Waals surface area contributed by atoms with Gasteiger partial charge in [-0.2, -0.15) is 18.3 Å². The molecular weight excluding hydrogens is 303 g/mol. The van der Waals surface area contributed by atoms with Gasteiger partial charge in [0.25, 0.3) is 0 Å². The quantitative estimate of drug-likeness (QED) is 0.910.